The topological polar surface area (TPSA) is 120 Å². The van der Waals surface area contributed by atoms with E-state index in [9.17, 15) is 19.5 Å². The number of alkyl carbamates (subject to hydrolysis) is 1. The fourth-order valence-electron chi connectivity index (χ4n) is 3.05. The van der Waals surface area contributed by atoms with Gasteiger partial charge in [0.25, 0.3) is 0 Å². The smallest absolute Gasteiger partial charge is 0.408 e. The molecule has 1 aliphatic rings. The van der Waals surface area contributed by atoms with E-state index in [4.69, 9.17) is 18.9 Å². The van der Waals surface area contributed by atoms with Crippen LogP contribution in [-0.2, 0) is 28.5 Å². The highest BCUT2D eigenvalue weighted by Crippen LogP contribution is 2.20. The number of hydrogen-bond donors (Lipinski definition) is 2. The van der Waals surface area contributed by atoms with E-state index in [1.54, 1.807) is 41.5 Å². The molecule has 9 heteroatoms. The van der Waals surface area contributed by atoms with E-state index < -0.39 is 41.2 Å². The average Bonchev–Trinajstić information content (AvgIpc) is 2.61. The highest BCUT2D eigenvalue weighted by atomic mass is 16.7. The van der Waals surface area contributed by atoms with Gasteiger partial charge in [-0.05, 0) is 80.1 Å². The minimum absolute atomic E-state index is 0.108. The summed E-state index contributed by atoms with van der Waals surface area (Å²) in [6.45, 7) is 11.3. The molecule has 0 aromatic carbocycles. The summed E-state index contributed by atoms with van der Waals surface area (Å²) < 4.78 is 21.7. The lowest BCUT2D eigenvalue weighted by Gasteiger charge is -2.27. The molecule has 1 aliphatic heterocycles. The number of rotatable bonds is 10. The van der Waals surface area contributed by atoms with Gasteiger partial charge in [0.15, 0.2) is 6.29 Å². The molecule has 9 nitrogen and oxygen atoms in total. The molecule has 1 unspecified atom stereocenters. The van der Waals surface area contributed by atoms with Gasteiger partial charge in [-0.1, -0.05) is 0 Å². The molecule has 1 amide bonds. The summed E-state index contributed by atoms with van der Waals surface area (Å²) in [6, 6.07) is -1.14. The van der Waals surface area contributed by atoms with Crippen LogP contribution in [0.2, 0.25) is 0 Å². The molecule has 180 valence electrons. The van der Waals surface area contributed by atoms with Crippen molar-refractivity contribution < 1.29 is 38.4 Å². The minimum atomic E-state index is -1.14. The van der Waals surface area contributed by atoms with E-state index >= 15 is 0 Å². The molecule has 0 saturated carbocycles. The Bertz CT molecular complexity index is 587. The molecule has 1 heterocycles. The number of hydrogen-bond acceptors (Lipinski definition) is 7. The zero-order valence-corrected chi connectivity index (χ0v) is 19.7. The Hall–Kier alpha value is -1.87. The first-order valence-electron chi connectivity index (χ1n) is 11.0. The van der Waals surface area contributed by atoms with Crippen LogP contribution in [0.5, 0.6) is 0 Å². The molecule has 0 aromatic heterocycles. The molecule has 31 heavy (non-hydrogen) atoms. The number of aliphatic carboxylic acids is 1. The Balaban J connectivity index is 2.70. The monoisotopic (exact) mass is 445 g/mol. The van der Waals surface area contributed by atoms with Crippen molar-refractivity contribution in [2.24, 2.45) is 5.92 Å². The first kappa shape index (κ1) is 27.2. The van der Waals surface area contributed by atoms with E-state index in [1.807, 2.05) is 0 Å². The van der Waals surface area contributed by atoms with E-state index in [-0.39, 0.29) is 19.1 Å². The van der Waals surface area contributed by atoms with Crippen LogP contribution < -0.4 is 5.32 Å². The van der Waals surface area contributed by atoms with E-state index in [0.717, 1.165) is 19.3 Å². The highest BCUT2D eigenvalue weighted by molar-refractivity contribution is 5.82. The zero-order valence-electron chi connectivity index (χ0n) is 19.7. The number of carbonyl (C=O) groups is 3. The van der Waals surface area contributed by atoms with Crippen molar-refractivity contribution in [3.63, 3.8) is 0 Å². The molecule has 0 aliphatic carbocycles. The maximum Gasteiger partial charge on any atom is 0.408 e. The number of carboxylic acids is 1. The largest absolute Gasteiger partial charge is 0.481 e. The van der Waals surface area contributed by atoms with E-state index in [2.05, 4.69) is 5.32 Å². The number of ether oxygens (including phenoxy) is 4. The van der Waals surface area contributed by atoms with E-state index in [0.29, 0.717) is 19.6 Å². The molecule has 1 saturated heterocycles. The SMILES string of the molecule is CC(C)(C)OC(=O)N[C@@H](C[C@H](CCCOC1CCCCO1)C(=O)O)C(=O)OC(C)(C)C. The van der Waals surface area contributed by atoms with Gasteiger partial charge in [-0.15, -0.1) is 0 Å². The lowest BCUT2D eigenvalue weighted by atomic mass is 9.95. The maximum absolute atomic E-state index is 12.6. The molecule has 1 rings (SSSR count). The minimum Gasteiger partial charge on any atom is -0.481 e. The Morgan fingerprint density at radius 3 is 2.23 bits per heavy atom. The number of amides is 1. The summed E-state index contributed by atoms with van der Waals surface area (Å²) in [4.78, 5) is 36.6. The summed E-state index contributed by atoms with van der Waals surface area (Å²) in [5.41, 5.74) is -1.54. The van der Waals surface area contributed by atoms with Gasteiger partial charge >= 0.3 is 18.0 Å². The number of carbonyl (C=O) groups excluding carboxylic acids is 2. The Labute approximate surface area is 185 Å². The quantitative estimate of drug-likeness (QED) is 0.386. The van der Waals surface area contributed by atoms with Crippen LogP contribution in [0.3, 0.4) is 0 Å². The van der Waals surface area contributed by atoms with Crippen molar-refractivity contribution in [1.29, 1.82) is 0 Å². The van der Waals surface area contributed by atoms with Crippen LogP contribution in [0.4, 0.5) is 4.79 Å². The lowest BCUT2D eigenvalue weighted by molar-refractivity contribution is -0.163. The Kier molecular flexibility index (Phi) is 10.7. The zero-order chi connectivity index (χ0) is 23.7. The van der Waals surface area contributed by atoms with Crippen LogP contribution in [0, 0.1) is 5.92 Å². The molecule has 0 bridgehead atoms. The van der Waals surface area contributed by atoms with Crippen molar-refractivity contribution in [3.8, 4) is 0 Å². The van der Waals surface area contributed by atoms with Crippen molar-refractivity contribution in [2.45, 2.75) is 104 Å². The second kappa shape index (κ2) is 12.2. The number of nitrogens with one attached hydrogen (secondary N) is 1. The van der Waals surface area contributed by atoms with Gasteiger partial charge in [0.2, 0.25) is 0 Å². The number of esters is 1. The van der Waals surface area contributed by atoms with E-state index in [1.165, 1.54) is 0 Å². The van der Waals surface area contributed by atoms with Crippen LogP contribution in [0.15, 0.2) is 0 Å². The third-order valence-electron chi connectivity index (χ3n) is 4.39. The van der Waals surface area contributed by atoms with Crippen molar-refractivity contribution in [1.82, 2.24) is 5.32 Å². The normalized spacial score (nSPS) is 19.2. The average molecular weight is 446 g/mol. The first-order valence-corrected chi connectivity index (χ1v) is 11.0. The maximum atomic E-state index is 12.6. The second-order valence-electron chi connectivity index (χ2n) is 9.81. The van der Waals surface area contributed by atoms with Crippen LogP contribution >= 0.6 is 0 Å². The third kappa shape index (κ3) is 12.5. The molecule has 0 spiro atoms. The van der Waals surface area contributed by atoms with Gasteiger partial charge < -0.3 is 29.4 Å². The van der Waals surface area contributed by atoms with Gasteiger partial charge in [0, 0.05) is 13.2 Å². The Morgan fingerprint density at radius 2 is 1.71 bits per heavy atom. The van der Waals surface area contributed by atoms with Crippen LogP contribution in [0.25, 0.3) is 0 Å². The first-order chi connectivity index (χ1) is 14.3. The summed E-state index contributed by atoms with van der Waals surface area (Å²) in [5, 5.41) is 12.1. The summed E-state index contributed by atoms with van der Waals surface area (Å²) in [5.74, 6) is -2.60. The van der Waals surface area contributed by atoms with Crippen molar-refractivity contribution >= 4 is 18.0 Å². The molecular formula is C22H39NO8. The molecular weight excluding hydrogens is 406 g/mol. The Morgan fingerprint density at radius 1 is 1.06 bits per heavy atom. The number of carboxylic acid groups (broad SMARTS) is 1. The third-order valence-corrected chi connectivity index (χ3v) is 4.39. The van der Waals surface area contributed by atoms with Crippen LogP contribution in [-0.4, -0.2) is 59.9 Å². The summed E-state index contributed by atoms with van der Waals surface area (Å²) >= 11 is 0. The fourth-order valence-corrected chi connectivity index (χ4v) is 3.05. The van der Waals surface area contributed by atoms with Gasteiger partial charge in [0.1, 0.15) is 17.2 Å². The summed E-state index contributed by atoms with van der Waals surface area (Å²) in [6.07, 6.45) is 2.55. The van der Waals surface area contributed by atoms with Crippen LogP contribution in [0.1, 0.15) is 80.1 Å². The standard InChI is InChI=1S/C22H39NO8/c1-21(2,3)30-19(26)16(23-20(27)31-22(4,5)6)14-15(18(24)25)10-9-13-29-17-11-7-8-12-28-17/h15-17H,7-14H2,1-6H3,(H,23,27)(H,24,25)/t15-,16-,17?/m0/s1. The molecule has 2 N–H and O–H groups in total. The van der Waals surface area contributed by atoms with Gasteiger partial charge in [-0.2, -0.15) is 0 Å². The predicted molar refractivity (Wildman–Crippen MR) is 114 cm³/mol. The lowest BCUT2D eigenvalue weighted by Crippen LogP contribution is -2.47. The van der Waals surface area contributed by atoms with Crippen molar-refractivity contribution in [2.75, 3.05) is 13.2 Å². The van der Waals surface area contributed by atoms with Gasteiger partial charge in [-0.25, -0.2) is 9.59 Å². The van der Waals surface area contributed by atoms with Crippen molar-refractivity contribution in [3.05, 3.63) is 0 Å². The second-order valence-corrected chi connectivity index (χ2v) is 9.81. The van der Waals surface area contributed by atoms with Gasteiger partial charge in [0.05, 0.1) is 5.92 Å². The molecule has 0 radical (unpaired) electrons. The highest BCUT2D eigenvalue weighted by Gasteiger charge is 2.33. The molecule has 1 fully saturated rings. The fraction of sp³-hybridized carbons (Fsp3) is 0.864. The predicted octanol–water partition coefficient (Wildman–Crippen LogP) is 3.64. The summed E-state index contributed by atoms with van der Waals surface area (Å²) in [7, 11) is 0. The van der Waals surface area contributed by atoms with Gasteiger partial charge in [-0.3, -0.25) is 4.79 Å². The molecule has 3 atom stereocenters. The molecule has 0 aromatic rings.